The Balaban J connectivity index is 1.36. The van der Waals surface area contributed by atoms with Crippen LogP contribution in [0.1, 0.15) is 41.0 Å². The van der Waals surface area contributed by atoms with E-state index in [1.807, 2.05) is 86.1 Å². The highest BCUT2D eigenvalue weighted by Crippen LogP contribution is 2.40. The van der Waals surface area contributed by atoms with Crippen LogP contribution in [-0.4, -0.2) is 66.2 Å². The summed E-state index contributed by atoms with van der Waals surface area (Å²) in [4.78, 5) is 42.4. The van der Waals surface area contributed by atoms with Crippen molar-refractivity contribution >= 4 is 40.4 Å². The fraction of sp³-hybridized carbons (Fsp3) is 0.324. The number of nitrogens with one attached hydrogen (secondary N) is 2. The molecule has 1 aliphatic rings. The summed E-state index contributed by atoms with van der Waals surface area (Å²) in [5.41, 5.74) is 3.43. The first-order valence-corrected chi connectivity index (χ1v) is 15.5. The number of phenolic OH excluding ortho intramolecular Hbond substituents is 1. The molecule has 0 saturated carbocycles. The largest absolute Gasteiger partial charge is 0.508 e. The minimum absolute atomic E-state index is 0.0255. The lowest BCUT2D eigenvalue weighted by Gasteiger charge is -2.33. The Bertz CT molecular complexity index is 1690. The Kier molecular flexibility index (Phi) is 9.03. The normalized spacial score (nSPS) is 17.3. The predicted molar refractivity (Wildman–Crippen MR) is 172 cm³/mol. The summed E-state index contributed by atoms with van der Waals surface area (Å²) in [7, 11) is 1.95. The maximum atomic E-state index is 14.0. The van der Waals surface area contributed by atoms with Crippen LogP contribution < -0.4 is 10.6 Å². The molecule has 1 unspecified atom stereocenters. The number of aliphatic hydroxyl groups excluding tert-OH is 1. The summed E-state index contributed by atoms with van der Waals surface area (Å²) < 4.78 is 1.41. The third-order valence-corrected chi connectivity index (χ3v) is 9.75. The number of aromatic hydroxyl groups is 1. The van der Waals surface area contributed by atoms with Crippen LogP contribution in [0.4, 0.5) is 0 Å². The lowest BCUT2D eigenvalue weighted by Crippen LogP contribution is -2.58. The van der Waals surface area contributed by atoms with E-state index in [1.165, 1.54) is 22.7 Å². The van der Waals surface area contributed by atoms with Crippen LogP contribution >= 0.6 is 11.8 Å². The second kappa shape index (κ2) is 12.8. The van der Waals surface area contributed by atoms with E-state index < -0.39 is 34.7 Å². The van der Waals surface area contributed by atoms with Gasteiger partial charge in [-0.1, -0.05) is 54.6 Å². The van der Waals surface area contributed by atoms with Gasteiger partial charge in [-0.3, -0.25) is 14.4 Å². The Morgan fingerprint density at radius 2 is 1.73 bits per heavy atom. The first kappa shape index (κ1) is 31.2. The number of aliphatic hydroxyl groups is 1. The van der Waals surface area contributed by atoms with E-state index in [1.54, 1.807) is 19.1 Å². The van der Waals surface area contributed by atoms with E-state index in [0.29, 0.717) is 5.56 Å². The lowest BCUT2D eigenvalue weighted by molar-refractivity contribution is -0.147. The van der Waals surface area contributed by atoms with E-state index in [2.05, 4.69) is 10.6 Å². The zero-order chi connectivity index (χ0) is 31.6. The van der Waals surface area contributed by atoms with Gasteiger partial charge in [0.05, 0.1) is 18.5 Å². The monoisotopic (exact) mass is 614 g/mol. The molecule has 2 heterocycles. The lowest BCUT2D eigenvalue weighted by atomic mass is 9.96. The highest BCUT2D eigenvalue weighted by Gasteiger charge is 2.49. The summed E-state index contributed by atoms with van der Waals surface area (Å²) in [6.07, 6.45) is -1.45. The van der Waals surface area contributed by atoms with Crippen molar-refractivity contribution in [3.05, 3.63) is 101 Å². The zero-order valence-corrected chi connectivity index (χ0v) is 26.1. The third-order valence-electron chi connectivity index (χ3n) is 8.37. The van der Waals surface area contributed by atoms with E-state index in [-0.39, 0.29) is 36.1 Å². The molecule has 4 N–H and O–H groups in total. The van der Waals surface area contributed by atoms with Gasteiger partial charge in [0.2, 0.25) is 5.91 Å². The van der Waals surface area contributed by atoms with Crippen molar-refractivity contribution in [1.82, 2.24) is 20.1 Å². The maximum Gasteiger partial charge on any atom is 0.254 e. The topological polar surface area (TPSA) is 124 Å². The Hall–Kier alpha value is -4.28. The van der Waals surface area contributed by atoms with E-state index in [0.717, 1.165) is 22.2 Å². The first-order valence-electron chi connectivity index (χ1n) is 14.5. The molecular formula is C34H38N4O5S. The predicted octanol–water partition coefficient (Wildman–Crippen LogP) is 3.89. The van der Waals surface area contributed by atoms with E-state index in [9.17, 15) is 24.6 Å². The van der Waals surface area contributed by atoms with Crippen LogP contribution in [0.25, 0.3) is 10.9 Å². The minimum Gasteiger partial charge on any atom is -0.508 e. The van der Waals surface area contributed by atoms with Crippen LogP contribution in [0.5, 0.6) is 5.75 Å². The number of aryl methyl sites for hydroxylation is 1. The third kappa shape index (κ3) is 6.32. The number of amides is 3. The molecule has 1 fully saturated rings. The van der Waals surface area contributed by atoms with Gasteiger partial charge >= 0.3 is 0 Å². The van der Waals surface area contributed by atoms with E-state index >= 15 is 0 Å². The summed E-state index contributed by atoms with van der Waals surface area (Å²) in [5, 5.41) is 28.6. The number of hydrogen-bond acceptors (Lipinski definition) is 6. The molecule has 1 saturated heterocycles. The number of hydrogen-bond donors (Lipinski definition) is 4. The van der Waals surface area contributed by atoms with Crippen LogP contribution in [0.3, 0.4) is 0 Å². The number of carbonyl (C=O) groups excluding carboxylic acids is 3. The molecule has 3 amide bonds. The van der Waals surface area contributed by atoms with Crippen molar-refractivity contribution in [1.29, 1.82) is 0 Å². The van der Waals surface area contributed by atoms with Gasteiger partial charge in [-0.05, 0) is 62.4 Å². The molecule has 5 rings (SSSR count). The molecular weight excluding hydrogens is 576 g/mol. The molecule has 10 heteroatoms. The van der Waals surface area contributed by atoms with Crippen LogP contribution in [-0.2, 0) is 29.6 Å². The summed E-state index contributed by atoms with van der Waals surface area (Å²) in [5.74, 6) is -1.28. The Labute approximate surface area is 261 Å². The summed E-state index contributed by atoms with van der Waals surface area (Å²) in [6, 6.07) is 22.1. The van der Waals surface area contributed by atoms with Crippen LogP contribution in [0, 0.1) is 6.92 Å². The van der Waals surface area contributed by atoms with Crippen molar-refractivity contribution < 1.29 is 24.6 Å². The van der Waals surface area contributed by atoms with Gasteiger partial charge in [-0.25, -0.2) is 0 Å². The average molecular weight is 615 g/mol. The number of carbonyl (C=O) groups is 3. The highest BCUT2D eigenvalue weighted by molar-refractivity contribution is 8.00. The fourth-order valence-corrected chi connectivity index (χ4v) is 6.91. The number of nitrogens with zero attached hydrogens (tertiary/aromatic N) is 2. The summed E-state index contributed by atoms with van der Waals surface area (Å²) in [6.45, 7) is 5.73. The molecule has 1 aliphatic heterocycles. The number of thioether (sulfide) groups is 1. The van der Waals surface area contributed by atoms with Gasteiger partial charge in [-0.2, -0.15) is 0 Å². The molecule has 0 spiro atoms. The van der Waals surface area contributed by atoms with Gasteiger partial charge in [0, 0.05) is 34.1 Å². The van der Waals surface area contributed by atoms with Crippen molar-refractivity contribution in [3.8, 4) is 5.75 Å². The Morgan fingerprint density at radius 3 is 2.45 bits per heavy atom. The average Bonchev–Trinajstić information content (AvgIpc) is 3.51. The van der Waals surface area contributed by atoms with Crippen LogP contribution in [0.15, 0.2) is 78.9 Å². The second-order valence-electron chi connectivity index (χ2n) is 11.7. The number of para-hydroxylation sites is 1. The van der Waals surface area contributed by atoms with Gasteiger partial charge in [0.15, 0.2) is 6.10 Å². The highest BCUT2D eigenvalue weighted by atomic mass is 32.2. The van der Waals surface area contributed by atoms with Gasteiger partial charge < -0.3 is 30.3 Å². The van der Waals surface area contributed by atoms with Gasteiger partial charge in [0.25, 0.3) is 11.8 Å². The maximum absolute atomic E-state index is 14.0. The fourth-order valence-electron chi connectivity index (χ4n) is 5.77. The molecule has 230 valence electrons. The molecule has 1 aromatic heterocycles. The van der Waals surface area contributed by atoms with Crippen LogP contribution in [0.2, 0.25) is 0 Å². The van der Waals surface area contributed by atoms with Crippen molar-refractivity contribution in [2.45, 2.75) is 56.7 Å². The molecule has 0 bridgehead atoms. The van der Waals surface area contributed by atoms with Crippen molar-refractivity contribution in [3.63, 3.8) is 0 Å². The standard InChI is InChI=1S/C34H38N4O5S/c1-21-25(14-10-16-28(21)39)31(41)36-26(17-22-11-6-5-7-12-22)29(40)33(43)38-20-44-34(2,3)30(38)32(42)35-19-24-18-23-13-8-9-15-27(23)37(24)4/h5-16,18,26,29-30,39-40H,17,19-20H2,1-4H3,(H,35,42)(H,36,41)/t26?,29-,30+/m0/s1. The molecule has 44 heavy (non-hydrogen) atoms. The molecule has 3 aromatic carbocycles. The molecule has 9 nitrogen and oxygen atoms in total. The molecule has 4 aromatic rings. The van der Waals surface area contributed by atoms with Gasteiger partial charge in [0.1, 0.15) is 11.8 Å². The number of fused-ring (bicyclic) bond motifs is 1. The number of phenols is 1. The zero-order valence-electron chi connectivity index (χ0n) is 25.3. The Morgan fingerprint density at radius 1 is 1.02 bits per heavy atom. The molecule has 3 atom stereocenters. The molecule has 0 radical (unpaired) electrons. The van der Waals surface area contributed by atoms with Crippen molar-refractivity contribution in [2.24, 2.45) is 7.05 Å². The number of benzene rings is 3. The molecule has 0 aliphatic carbocycles. The number of rotatable bonds is 9. The minimum atomic E-state index is -1.63. The second-order valence-corrected chi connectivity index (χ2v) is 13.3. The first-order chi connectivity index (χ1) is 21.0. The van der Waals surface area contributed by atoms with Crippen molar-refractivity contribution in [2.75, 3.05) is 5.88 Å². The quantitative estimate of drug-likeness (QED) is 0.227. The SMILES string of the molecule is Cc1c(O)cccc1C(=O)NC(Cc1ccccc1)[C@H](O)C(=O)N1CSC(C)(C)[C@H]1C(=O)NCc1cc2ccccc2n1C. The van der Waals surface area contributed by atoms with E-state index in [4.69, 9.17) is 0 Å². The number of aromatic nitrogens is 1. The van der Waals surface area contributed by atoms with Gasteiger partial charge in [-0.15, -0.1) is 11.8 Å². The smallest absolute Gasteiger partial charge is 0.254 e. The summed E-state index contributed by atoms with van der Waals surface area (Å²) >= 11 is 1.46.